The van der Waals surface area contributed by atoms with Crippen molar-refractivity contribution in [2.45, 2.75) is 37.1 Å². The van der Waals surface area contributed by atoms with E-state index < -0.39 is 0 Å². The first-order chi connectivity index (χ1) is 8.85. The molecule has 0 aromatic heterocycles. The molecule has 1 aliphatic rings. The fourth-order valence-corrected chi connectivity index (χ4v) is 3.28. The Morgan fingerprint density at radius 2 is 1.83 bits per heavy atom. The van der Waals surface area contributed by atoms with Gasteiger partial charge in [-0.15, -0.1) is 11.8 Å². The van der Waals surface area contributed by atoms with Crippen molar-refractivity contribution in [3.63, 3.8) is 0 Å². The summed E-state index contributed by atoms with van der Waals surface area (Å²) in [5, 5.41) is 9.66. The highest BCUT2D eigenvalue weighted by Crippen LogP contribution is 2.26. The van der Waals surface area contributed by atoms with Crippen LogP contribution in [0, 0.1) is 0 Å². The van der Waals surface area contributed by atoms with Crippen molar-refractivity contribution < 1.29 is 5.11 Å². The van der Waals surface area contributed by atoms with Gasteiger partial charge in [-0.1, -0.05) is 25.5 Å². The smallest absolute Gasteiger partial charge is 0.0628 e. The van der Waals surface area contributed by atoms with E-state index in [9.17, 15) is 5.11 Å². The zero-order valence-electron chi connectivity index (χ0n) is 11.1. The van der Waals surface area contributed by atoms with Crippen molar-refractivity contribution >= 4 is 11.8 Å². The number of hydrogen-bond donors (Lipinski definition) is 1. The van der Waals surface area contributed by atoms with E-state index >= 15 is 0 Å². The normalized spacial score (nSPS) is 18.8. The van der Waals surface area contributed by atoms with E-state index in [1.807, 2.05) is 11.8 Å². The minimum Gasteiger partial charge on any atom is -0.394 e. The highest BCUT2D eigenvalue weighted by atomic mass is 32.2. The minimum atomic E-state index is 0.186. The maximum absolute atomic E-state index is 9.66. The van der Waals surface area contributed by atoms with Crippen LogP contribution < -0.4 is 0 Å². The number of nitrogens with zero attached hydrogens (tertiary/aromatic N) is 1. The third-order valence-corrected chi connectivity index (χ3v) is 4.47. The summed E-state index contributed by atoms with van der Waals surface area (Å²) in [7, 11) is 0. The molecule has 1 unspecified atom stereocenters. The van der Waals surface area contributed by atoms with Gasteiger partial charge < -0.3 is 5.11 Å². The van der Waals surface area contributed by atoms with Gasteiger partial charge in [0.25, 0.3) is 0 Å². The number of aliphatic hydroxyl groups is 1. The summed E-state index contributed by atoms with van der Waals surface area (Å²) in [6, 6.07) is 8.89. The second-order valence-corrected chi connectivity index (χ2v) is 6.13. The number of hydrogen-bond acceptors (Lipinski definition) is 3. The molecule has 1 heterocycles. The maximum atomic E-state index is 9.66. The second-order valence-electron chi connectivity index (χ2n) is 4.80. The lowest BCUT2D eigenvalue weighted by Crippen LogP contribution is -2.35. The topological polar surface area (TPSA) is 23.5 Å². The number of thioether (sulfide) groups is 1. The molecule has 1 fully saturated rings. The third-order valence-electron chi connectivity index (χ3n) is 3.58. The molecule has 2 nitrogen and oxygen atoms in total. The molecule has 18 heavy (non-hydrogen) atoms. The van der Waals surface area contributed by atoms with E-state index in [2.05, 4.69) is 36.1 Å². The van der Waals surface area contributed by atoms with Crippen LogP contribution in [0.15, 0.2) is 29.2 Å². The first-order valence-corrected chi connectivity index (χ1v) is 7.91. The number of aliphatic hydroxyl groups excluding tert-OH is 1. The lowest BCUT2D eigenvalue weighted by atomic mass is 10.0. The van der Waals surface area contributed by atoms with Gasteiger partial charge in [-0.3, -0.25) is 4.90 Å². The van der Waals surface area contributed by atoms with Crippen molar-refractivity contribution in [1.29, 1.82) is 0 Å². The third kappa shape index (κ3) is 3.50. The molecule has 1 saturated heterocycles. The van der Waals surface area contributed by atoms with Gasteiger partial charge in [-0.2, -0.15) is 0 Å². The van der Waals surface area contributed by atoms with Gasteiger partial charge in [0.15, 0.2) is 0 Å². The Balaban J connectivity index is 2.06. The molecule has 0 amide bonds. The van der Waals surface area contributed by atoms with Crippen LogP contribution in [0.2, 0.25) is 0 Å². The Morgan fingerprint density at radius 3 is 2.39 bits per heavy atom. The van der Waals surface area contributed by atoms with Crippen LogP contribution >= 0.6 is 11.8 Å². The Morgan fingerprint density at radius 1 is 1.17 bits per heavy atom. The number of piperidine rings is 1. The summed E-state index contributed by atoms with van der Waals surface area (Å²) < 4.78 is 0. The van der Waals surface area contributed by atoms with Gasteiger partial charge >= 0.3 is 0 Å². The van der Waals surface area contributed by atoms with Crippen molar-refractivity contribution in [3.05, 3.63) is 29.8 Å². The van der Waals surface area contributed by atoms with E-state index in [-0.39, 0.29) is 12.6 Å². The molecule has 100 valence electrons. The zero-order chi connectivity index (χ0) is 12.8. The van der Waals surface area contributed by atoms with Crippen LogP contribution in [0.4, 0.5) is 0 Å². The fourth-order valence-electron chi connectivity index (χ4n) is 2.61. The molecule has 3 heteroatoms. The number of likely N-dealkylation sites (tertiary alicyclic amines) is 1. The first-order valence-electron chi connectivity index (χ1n) is 6.93. The van der Waals surface area contributed by atoms with Crippen molar-refractivity contribution in [1.82, 2.24) is 4.90 Å². The van der Waals surface area contributed by atoms with Crippen molar-refractivity contribution in [3.8, 4) is 0 Å². The molecular weight excluding hydrogens is 242 g/mol. The summed E-state index contributed by atoms with van der Waals surface area (Å²) in [5.74, 6) is 1.11. The average Bonchev–Trinajstić information content (AvgIpc) is 2.43. The molecule has 1 atom stereocenters. The molecule has 0 bridgehead atoms. The van der Waals surface area contributed by atoms with Crippen LogP contribution in [-0.2, 0) is 0 Å². The second kappa shape index (κ2) is 7.17. The SMILES string of the molecule is CCSc1ccc(C(CO)N2CCCCC2)cc1. The molecule has 1 aromatic carbocycles. The van der Waals surface area contributed by atoms with Crippen molar-refractivity contribution in [2.75, 3.05) is 25.4 Å². The van der Waals surface area contributed by atoms with Crippen LogP contribution in [-0.4, -0.2) is 35.5 Å². The Bertz CT molecular complexity index is 346. The Hall–Kier alpha value is -0.510. The average molecular weight is 265 g/mol. The van der Waals surface area contributed by atoms with E-state index in [1.165, 1.54) is 29.7 Å². The molecule has 1 N–H and O–H groups in total. The highest BCUT2D eigenvalue weighted by molar-refractivity contribution is 7.99. The zero-order valence-corrected chi connectivity index (χ0v) is 12.0. The predicted molar refractivity (Wildman–Crippen MR) is 78.1 cm³/mol. The van der Waals surface area contributed by atoms with Crippen LogP contribution in [0.3, 0.4) is 0 Å². The molecule has 0 aliphatic carbocycles. The van der Waals surface area contributed by atoms with Gasteiger partial charge in [-0.25, -0.2) is 0 Å². The van der Waals surface area contributed by atoms with Gasteiger partial charge in [0.05, 0.1) is 12.6 Å². The number of benzene rings is 1. The van der Waals surface area contributed by atoms with Crippen molar-refractivity contribution in [2.24, 2.45) is 0 Å². The Kier molecular flexibility index (Phi) is 5.54. The molecule has 1 aromatic rings. The van der Waals surface area contributed by atoms with Gasteiger partial charge in [0.2, 0.25) is 0 Å². The summed E-state index contributed by atoms with van der Waals surface area (Å²) in [4.78, 5) is 3.74. The molecule has 1 aliphatic heterocycles. The van der Waals surface area contributed by atoms with Gasteiger partial charge in [0.1, 0.15) is 0 Å². The van der Waals surface area contributed by atoms with Crippen LogP contribution in [0.25, 0.3) is 0 Å². The van der Waals surface area contributed by atoms with E-state index in [0.717, 1.165) is 18.8 Å². The minimum absolute atomic E-state index is 0.186. The summed E-state index contributed by atoms with van der Waals surface area (Å²) in [5.41, 5.74) is 1.25. The molecule has 0 spiro atoms. The quantitative estimate of drug-likeness (QED) is 0.826. The standard InChI is InChI=1S/C15H23NOS/c1-2-18-14-8-6-13(7-9-14)15(12-17)16-10-4-3-5-11-16/h6-9,15,17H,2-5,10-12H2,1H3. The number of rotatable bonds is 5. The highest BCUT2D eigenvalue weighted by Gasteiger charge is 2.21. The van der Waals surface area contributed by atoms with E-state index in [1.54, 1.807) is 0 Å². The molecule has 0 saturated carbocycles. The van der Waals surface area contributed by atoms with E-state index in [4.69, 9.17) is 0 Å². The largest absolute Gasteiger partial charge is 0.394 e. The first kappa shape index (κ1) is 13.9. The lowest BCUT2D eigenvalue weighted by Gasteiger charge is -2.33. The summed E-state index contributed by atoms with van der Waals surface area (Å²) in [6.45, 7) is 4.64. The molecule has 0 radical (unpaired) electrons. The monoisotopic (exact) mass is 265 g/mol. The lowest BCUT2D eigenvalue weighted by molar-refractivity contribution is 0.104. The maximum Gasteiger partial charge on any atom is 0.0628 e. The van der Waals surface area contributed by atoms with Crippen LogP contribution in [0.1, 0.15) is 37.8 Å². The molecular formula is C15H23NOS. The predicted octanol–water partition coefficient (Wildman–Crippen LogP) is 3.32. The van der Waals surface area contributed by atoms with E-state index in [0.29, 0.717) is 0 Å². The molecule has 2 rings (SSSR count). The Labute approximate surface area is 114 Å². The summed E-state index contributed by atoms with van der Waals surface area (Å²) in [6.07, 6.45) is 3.86. The fraction of sp³-hybridized carbons (Fsp3) is 0.600. The van der Waals surface area contributed by atoms with Gasteiger partial charge in [-0.05, 0) is 49.4 Å². The van der Waals surface area contributed by atoms with Gasteiger partial charge in [0, 0.05) is 4.90 Å². The summed E-state index contributed by atoms with van der Waals surface area (Å²) >= 11 is 1.86. The van der Waals surface area contributed by atoms with Crippen LogP contribution in [0.5, 0.6) is 0 Å².